The molecular formula is C26H44O3Si. The molecule has 0 unspecified atom stereocenters. The van der Waals surface area contributed by atoms with Crippen LogP contribution in [0.2, 0.25) is 18.1 Å². The molecule has 0 radical (unpaired) electrons. The minimum atomic E-state index is -1.76. The van der Waals surface area contributed by atoms with Gasteiger partial charge in [0.25, 0.3) is 0 Å². The van der Waals surface area contributed by atoms with Gasteiger partial charge in [-0.05, 0) is 98.1 Å². The van der Waals surface area contributed by atoms with Gasteiger partial charge in [-0.3, -0.25) is 4.79 Å². The van der Waals surface area contributed by atoms with Crippen molar-refractivity contribution in [3.8, 4) is 0 Å². The van der Waals surface area contributed by atoms with Crippen LogP contribution in [0.3, 0.4) is 0 Å². The topological polar surface area (TPSA) is 46.5 Å². The summed E-state index contributed by atoms with van der Waals surface area (Å²) in [4.78, 5) is 11.6. The molecule has 4 aliphatic rings. The summed E-state index contributed by atoms with van der Waals surface area (Å²) in [7, 11) is -1.76. The standard InChI is InChI=1S/C26H44O3Si/c1-24(2,3)30(6,7)29-22-11-10-20-19-9-8-18-16-17(23(27)28)12-14-25(18,4)21(19)13-15-26(20,22)5/h16-17,19-22H,8-15H2,1-7H3,(H,27,28)/t17-,19-,20-,21-,22-,25-,26-/m0/s1. The van der Waals surface area contributed by atoms with Crippen LogP contribution < -0.4 is 0 Å². The summed E-state index contributed by atoms with van der Waals surface area (Å²) in [6, 6.07) is 0. The van der Waals surface area contributed by atoms with Crippen molar-refractivity contribution in [2.45, 2.75) is 110 Å². The van der Waals surface area contributed by atoms with E-state index < -0.39 is 14.3 Å². The van der Waals surface area contributed by atoms with Crippen molar-refractivity contribution in [2.24, 2.45) is 34.5 Å². The van der Waals surface area contributed by atoms with E-state index in [2.05, 4.69) is 53.8 Å². The van der Waals surface area contributed by atoms with Crippen molar-refractivity contribution in [1.82, 2.24) is 0 Å². The molecule has 4 heteroatoms. The van der Waals surface area contributed by atoms with Gasteiger partial charge < -0.3 is 9.53 Å². The highest BCUT2D eigenvalue weighted by atomic mass is 28.4. The molecule has 30 heavy (non-hydrogen) atoms. The first-order valence-corrected chi connectivity index (χ1v) is 15.3. The fourth-order valence-electron chi connectivity index (χ4n) is 7.60. The van der Waals surface area contributed by atoms with Crippen molar-refractivity contribution in [3.05, 3.63) is 11.6 Å². The maximum atomic E-state index is 11.6. The summed E-state index contributed by atoms with van der Waals surface area (Å²) < 4.78 is 7.05. The zero-order chi connectivity index (χ0) is 22.1. The SMILES string of the molecule is CC(C)(C)[Si](C)(C)O[C@H]1CC[C@H]2[C@@H]3CCC4=C[C@@H](C(=O)O)CC[C@]4(C)[C@H]3CC[C@]12C. The number of rotatable bonds is 3. The Labute approximate surface area is 185 Å². The fraction of sp³-hybridized carbons (Fsp3) is 0.885. The van der Waals surface area contributed by atoms with Gasteiger partial charge in [0.15, 0.2) is 8.32 Å². The molecule has 7 atom stereocenters. The average Bonchev–Trinajstić information content (AvgIpc) is 2.96. The Bertz CT molecular complexity index is 735. The lowest BCUT2D eigenvalue weighted by Crippen LogP contribution is -2.53. The minimum Gasteiger partial charge on any atom is -0.481 e. The molecule has 0 spiro atoms. The molecule has 0 aromatic rings. The number of hydrogen-bond acceptors (Lipinski definition) is 2. The zero-order valence-corrected chi connectivity index (χ0v) is 21.4. The molecule has 4 aliphatic carbocycles. The van der Waals surface area contributed by atoms with Crippen LogP contribution in [0.1, 0.15) is 86.0 Å². The van der Waals surface area contributed by atoms with Gasteiger partial charge in [-0.25, -0.2) is 0 Å². The van der Waals surface area contributed by atoms with Gasteiger partial charge in [-0.15, -0.1) is 0 Å². The lowest BCUT2D eigenvalue weighted by atomic mass is 9.47. The fourth-order valence-corrected chi connectivity index (χ4v) is 9.05. The van der Waals surface area contributed by atoms with Crippen molar-refractivity contribution < 1.29 is 14.3 Å². The van der Waals surface area contributed by atoms with E-state index >= 15 is 0 Å². The van der Waals surface area contributed by atoms with Gasteiger partial charge in [-0.2, -0.15) is 0 Å². The first-order chi connectivity index (χ1) is 13.8. The van der Waals surface area contributed by atoms with Gasteiger partial charge in [0.2, 0.25) is 0 Å². The number of allylic oxidation sites excluding steroid dienone is 1. The summed E-state index contributed by atoms with van der Waals surface area (Å²) in [5, 5.41) is 9.79. The van der Waals surface area contributed by atoms with Crippen LogP contribution in [0.15, 0.2) is 11.6 Å². The molecule has 3 nitrogen and oxygen atoms in total. The lowest BCUT2D eigenvalue weighted by Gasteiger charge is -2.58. The summed E-state index contributed by atoms with van der Waals surface area (Å²) >= 11 is 0. The van der Waals surface area contributed by atoms with Crippen molar-refractivity contribution in [1.29, 1.82) is 0 Å². The van der Waals surface area contributed by atoms with Crippen molar-refractivity contribution in [3.63, 3.8) is 0 Å². The number of carbonyl (C=O) groups is 1. The maximum absolute atomic E-state index is 11.6. The molecule has 0 amide bonds. The van der Waals surface area contributed by atoms with Gasteiger partial charge >= 0.3 is 5.97 Å². The van der Waals surface area contributed by atoms with Gasteiger partial charge in [0.1, 0.15) is 0 Å². The maximum Gasteiger partial charge on any atom is 0.310 e. The van der Waals surface area contributed by atoms with Crippen molar-refractivity contribution >= 4 is 14.3 Å². The van der Waals surface area contributed by atoms with E-state index in [0.717, 1.165) is 37.0 Å². The smallest absolute Gasteiger partial charge is 0.310 e. The molecule has 0 aromatic carbocycles. The Morgan fingerprint density at radius 1 is 1.07 bits per heavy atom. The van der Waals surface area contributed by atoms with Crippen LogP contribution >= 0.6 is 0 Å². The first-order valence-electron chi connectivity index (χ1n) is 12.4. The Morgan fingerprint density at radius 3 is 2.40 bits per heavy atom. The normalized spacial score (nSPS) is 44.0. The molecule has 0 bridgehead atoms. The van der Waals surface area contributed by atoms with Crippen LogP contribution in [-0.4, -0.2) is 25.5 Å². The predicted molar refractivity (Wildman–Crippen MR) is 125 cm³/mol. The Kier molecular flexibility index (Phi) is 5.42. The monoisotopic (exact) mass is 432 g/mol. The Morgan fingerprint density at radius 2 is 1.77 bits per heavy atom. The molecule has 4 rings (SSSR count). The zero-order valence-electron chi connectivity index (χ0n) is 20.4. The number of carboxylic acids is 1. The Balaban J connectivity index is 1.56. The molecule has 1 N–H and O–H groups in total. The number of hydrogen-bond donors (Lipinski definition) is 1. The van der Waals surface area contributed by atoms with Crippen LogP contribution in [0.4, 0.5) is 0 Å². The third kappa shape index (κ3) is 3.36. The first kappa shape index (κ1) is 22.6. The van der Waals surface area contributed by atoms with E-state index in [0.29, 0.717) is 11.5 Å². The van der Waals surface area contributed by atoms with E-state index in [4.69, 9.17) is 4.43 Å². The van der Waals surface area contributed by atoms with E-state index in [9.17, 15) is 9.90 Å². The summed E-state index contributed by atoms with van der Waals surface area (Å²) in [5.74, 6) is 1.41. The minimum absolute atomic E-state index is 0.231. The molecule has 0 aliphatic heterocycles. The highest BCUT2D eigenvalue weighted by Gasteiger charge is 2.60. The molecule has 0 aromatic heterocycles. The van der Waals surface area contributed by atoms with Crippen LogP contribution in [-0.2, 0) is 9.22 Å². The quantitative estimate of drug-likeness (QED) is 0.384. The molecule has 3 fully saturated rings. The van der Waals surface area contributed by atoms with E-state index in [-0.39, 0.29) is 16.4 Å². The second-order valence-corrected chi connectivity index (χ2v) is 17.8. The molecule has 0 heterocycles. The largest absolute Gasteiger partial charge is 0.481 e. The van der Waals surface area contributed by atoms with Crippen LogP contribution in [0.25, 0.3) is 0 Å². The summed E-state index contributed by atoms with van der Waals surface area (Å²) in [6.45, 7) is 16.9. The lowest BCUT2D eigenvalue weighted by molar-refractivity contribution is -0.141. The highest BCUT2D eigenvalue weighted by Crippen LogP contribution is 2.66. The number of carboxylic acid groups (broad SMARTS) is 1. The Hall–Kier alpha value is -0.613. The van der Waals surface area contributed by atoms with Gasteiger partial charge in [0.05, 0.1) is 12.0 Å². The second kappa shape index (κ2) is 7.20. The highest BCUT2D eigenvalue weighted by molar-refractivity contribution is 6.74. The molecular weight excluding hydrogens is 388 g/mol. The van der Waals surface area contributed by atoms with Crippen LogP contribution in [0, 0.1) is 34.5 Å². The van der Waals surface area contributed by atoms with E-state index in [1.54, 1.807) is 0 Å². The van der Waals surface area contributed by atoms with Gasteiger partial charge in [-0.1, -0.05) is 46.3 Å². The summed E-state index contributed by atoms with van der Waals surface area (Å²) in [5.41, 5.74) is 2.03. The van der Waals surface area contributed by atoms with E-state index in [1.807, 2.05) is 0 Å². The summed E-state index contributed by atoms with van der Waals surface area (Å²) in [6.07, 6.45) is 11.9. The molecule has 170 valence electrons. The third-order valence-electron chi connectivity index (χ3n) is 10.6. The second-order valence-electron chi connectivity index (χ2n) is 13.0. The molecule has 3 saturated carbocycles. The van der Waals surface area contributed by atoms with E-state index in [1.165, 1.54) is 37.7 Å². The third-order valence-corrected chi connectivity index (χ3v) is 15.1. The number of aliphatic carboxylic acids is 1. The number of fused-ring (bicyclic) bond motifs is 5. The average molecular weight is 433 g/mol. The predicted octanol–water partition coefficient (Wildman–Crippen LogP) is 7.04. The van der Waals surface area contributed by atoms with Crippen LogP contribution in [0.5, 0.6) is 0 Å². The molecule has 0 saturated heterocycles. The van der Waals surface area contributed by atoms with Crippen molar-refractivity contribution in [2.75, 3.05) is 0 Å². The van der Waals surface area contributed by atoms with Gasteiger partial charge in [0, 0.05) is 0 Å².